The number of aromatic nitrogens is 2. The Kier molecular flexibility index (Phi) is 4.49. The van der Waals surface area contributed by atoms with Gasteiger partial charge in [-0.05, 0) is 50.4 Å². The number of hydrogen-bond acceptors (Lipinski definition) is 4. The molecule has 1 atom stereocenters. The van der Waals surface area contributed by atoms with Gasteiger partial charge in [0.1, 0.15) is 0 Å². The van der Waals surface area contributed by atoms with Crippen LogP contribution < -0.4 is 0 Å². The summed E-state index contributed by atoms with van der Waals surface area (Å²) >= 11 is 8.16. The number of nitrogens with zero attached hydrogens (tertiary/aromatic N) is 1. The minimum absolute atomic E-state index is 0.139. The summed E-state index contributed by atoms with van der Waals surface area (Å²) in [6.07, 6.45) is 1.65. The van der Waals surface area contributed by atoms with Gasteiger partial charge in [-0.2, -0.15) is 0 Å². The van der Waals surface area contributed by atoms with E-state index in [1.165, 1.54) is 11.3 Å². The van der Waals surface area contributed by atoms with Crippen molar-refractivity contribution < 1.29 is 9.90 Å². The summed E-state index contributed by atoms with van der Waals surface area (Å²) in [6, 6.07) is 3.82. The fourth-order valence-electron chi connectivity index (χ4n) is 2.17. The maximum Gasteiger partial charge on any atom is 0.223 e. The summed E-state index contributed by atoms with van der Waals surface area (Å²) in [5, 5.41) is 12.8. The molecule has 0 aliphatic rings. The highest BCUT2D eigenvalue weighted by Crippen LogP contribution is 2.31. The quantitative estimate of drug-likeness (QED) is 0.568. The van der Waals surface area contributed by atoms with Gasteiger partial charge in [-0.25, -0.2) is 4.98 Å². The molecule has 0 aliphatic carbocycles. The molecule has 114 valence electrons. The molecule has 0 radical (unpaired) electrons. The van der Waals surface area contributed by atoms with Gasteiger partial charge in [0.15, 0.2) is 5.01 Å². The Morgan fingerprint density at radius 2 is 2.14 bits per heavy atom. The lowest BCUT2D eigenvalue weighted by molar-refractivity contribution is 0.103. The van der Waals surface area contributed by atoms with Crippen molar-refractivity contribution in [1.82, 2.24) is 9.97 Å². The zero-order chi connectivity index (χ0) is 15.9. The number of carbonyl (C=O) groups excluding carboxylic acids is 1. The molecule has 22 heavy (non-hydrogen) atoms. The van der Waals surface area contributed by atoms with Crippen molar-refractivity contribution in [2.24, 2.45) is 0 Å². The number of rotatable bonds is 4. The Morgan fingerprint density at radius 3 is 2.86 bits per heavy atom. The van der Waals surface area contributed by atoms with Crippen molar-refractivity contribution in [2.75, 3.05) is 0 Å². The van der Waals surface area contributed by atoms with Gasteiger partial charge in [-0.15, -0.1) is 11.3 Å². The SMILES string of the molecule is CC[C@H](O)c1csc(C(=O)c2c[nH]c3cc(Br)c(Br)cc23)n1. The average Bonchev–Trinajstić information content (AvgIpc) is 3.13. The van der Waals surface area contributed by atoms with Crippen molar-refractivity contribution in [3.8, 4) is 0 Å². The van der Waals surface area contributed by atoms with Gasteiger partial charge in [0, 0.05) is 31.4 Å². The van der Waals surface area contributed by atoms with E-state index in [9.17, 15) is 9.90 Å². The van der Waals surface area contributed by atoms with Gasteiger partial charge in [0.05, 0.1) is 17.4 Å². The number of nitrogens with one attached hydrogen (secondary N) is 1. The maximum atomic E-state index is 12.7. The molecule has 0 spiro atoms. The summed E-state index contributed by atoms with van der Waals surface area (Å²) in [7, 11) is 0. The van der Waals surface area contributed by atoms with E-state index in [0.717, 1.165) is 19.8 Å². The molecule has 0 aliphatic heterocycles. The Bertz CT molecular complexity index is 856. The van der Waals surface area contributed by atoms with E-state index >= 15 is 0 Å². The third-order valence-corrected chi connectivity index (χ3v) is 6.12. The maximum absolute atomic E-state index is 12.7. The summed E-state index contributed by atoms with van der Waals surface area (Å²) in [5.41, 5.74) is 2.01. The van der Waals surface area contributed by atoms with E-state index in [2.05, 4.69) is 41.8 Å². The van der Waals surface area contributed by atoms with Crippen LogP contribution in [0.4, 0.5) is 0 Å². The van der Waals surface area contributed by atoms with Crippen molar-refractivity contribution in [2.45, 2.75) is 19.4 Å². The zero-order valence-corrected chi connectivity index (χ0v) is 15.5. The van der Waals surface area contributed by atoms with Gasteiger partial charge >= 0.3 is 0 Å². The highest BCUT2D eigenvalue weighted by Gasteiger charge is 2.20. The Balaban J connectivity index is 2.02. The number of benzene rings is 1. The number of H-pyrrole nitrogens is 1. The predicted octanol–water partition coefficient (Wildman–Crippen LogP) is 4.82. The van der Waals surface area contributed by atoms with Crippen LogP contribution in [0, 0.1) is 0 Å². The Morgan fingerprint density at radius 1 is 1.41 bits per heavy atom. The molecule has 0 saturated heterocycles. The number of carbonyl (C=O) groups is 1. The number of ketones is 1. The molecule has 0 bridgehead atoms. The first-order chi connectivity index (χ1) is 10.5. The standard InChI is InChI=1S/C15H12Br2N2O2S/c1-2-13(20)12-6-22-15(19-12)14(21)8-5-18-11-4-10(17)9(16)3-7(8)11/h3-6,13,18,20H,2H2,1H3/t13-/m0/s1. The predicted molar refractivity (Wildman–Crippen MR) is 94.5 cm³/mol. The van der Waals surface area contributed by atoms with Crippen LogP contribution in [0.1, 0.15) is 40.5 Å². The number of aliphatic hydroxyl groups is 1. The Hall–Kier alpha value is -1.02. The highest BCUT2D eigenvalue weighted by molar-refractivity contribution is 9.13. The molecule has 0 fully saturated rings. The molecule has 0 amide bonds. The molecule has 2 aromatic heterocycles. The molecule has 3 aromatic rings. The first kappa shape index (κ1) is 15.9. The second-order valence-corrected chi connectivity index (χ2v) is 7.41. The monoisotopic (exact) mass is 442 g/mol. The highest BCUT2D eigenvalue weighted by atomic mass is 79.9. The van der Waals surface area contributed by atoms with Gasteiger partial charge in [-0.1, -0.05) is 6.92 Å². The number of fused-ring (bicyclic) bond motifs is 1. The first-order valence-electron chi connectivity index (χ1n) is 6.65. The first-order valence-corrected chi connectivity index (χ1v) is 9.12. The van der Waals surface area contributed by atoms with Crippen molar-refractivity contribution in [3.05, 3.63) is 48.9 Å². The zero-order valence-electron chi connectivity index (χ0n) is 11.6. The third-order valence-electron chi connectivity index (χ3n) is 3.41. The van der Waals surface area contributed by atoms with Crippen LogP contribution in [-0.4, -0.2) is 20.9 Å². The van der Waals surface area contributed by atoms with Crippen LogP contribution in [0.15, 0.2) is 32.7 Å². The summed E-state index contributed by atoms with van der Waals surface area (Å²) in [6.45, 7) is 1.88. The van der Waals surface area contributed by atoms with Crippen LogP contribution in [0.5, 0.6) is 0 Å². The minimum atomic E-state index is -0.620. The van der Waals surface area contributed by atoms with Crippen LogP contribution in [0.25, 0.3) is 10.9 Å². The van der Waals surface area contributed by atoms with E-state index in [-0.39, 0.29) is 5.78 Å². The van der Waals surface area contributed by atoms with Crippen LogP contribution in [0.2, 0.25) is 0 Å². The van der Waals surface area contributed by atoms with Crippen molar-refractivity contribution >= 4 is 59.9 Å². The lowest BCUT2D eigenvalue weighted by atomic mass is 10.1. The smallest absolute Gasteiger partial charge is 0.223 e. The fourth-order valence-corrected chi connectivity index (χ4v) is 3.68. The topological polar surface area (TPSA) is 66.0 Å². The van der Waals surface area contributed by atoms with E-state index < -0.39 is 6.10 Å². The van der Waals surface area contributed by atoms with Gasteiger partial charge in [0.2, 0.25) is 5.78 Å². The Labute approximate surface area is 147 Å². The number of aromatic amines is 1. The number of aliphatic hydroxyl groups excluding tert-OH is 1. The summed E-state index contributed by atoms with van der Waals surface area (Å²) in [5.74, 6) is -0.139. The number of thiazole rings is 1. The van der Waals surface area contributed by atoms with E-state index in [0.29, 0.717) is 22.7 Å². The third kappa shape index (κ3) is 2.78. The van der Waals surface area contributed by atoms with Crippen molar-refractivity contribution in [3.63, 3.8) is 0 Å². The van der Waals surface area contributed by atoms with Gasteiger partial charge in [0.25, 0.3) is 0 Å². The fraction of sp³-hybridized carbons (Fsp3) is 0.200. The largest absolute Gasteiger partial charge is 0.387 e. The summed E-state index contributed by atoms with van der Waals surface area (Å²) in [4.78, 5) is 20.0. The van der Waals surface area contributed by atoms with Crippen LogP contribution >= 0.6 is 43.2 Å². The molecule has 4 nitrogen and oxygen atoms in total. The number of halogens is 2. The minimum Gasteiger partial charge on any atom is -0.387 e. The molecular weight excluding hydrogens is 432 g/mol. The van der Waals surface area contributed by atoms with Gasteiger partial charge < -0.3 is 10.1 Å². The average molecular weight is 444 g/mol. The molecule has 2 heterocycles. The van der Waals surface area contributed by atoms with Crippen LogP contribution in [-0.2, 0) is 0 Å². The molecule has 0 unspecified atom stereocenters. The molecule has 7 heteroatoms. The lowest BCUT2D eigenvalue weighted by Crippen LogP contribution is -2.02. The normalized spacial score (nSPS) is 12.7. The van der Waals surface area contributed by atoms with E-state index in [4.69, 9.17) is 0 Å². The van der Waals surface area contributed by atoms with E-state index in [1.54, 1.807) is 11.6 Å². The molecule has 2 N–H and O–H groups in total. The second kappa shape index (κ2) is 6.23. The molecule has 3 rings (SSSR count). The van der Waals surface area contributed by atoms with E-state index in [1.807, 2.05) is 19.1 Å². The number of hydrogen-bond donors (Lipinski definition) is 2. The molecule has 0 saturated carbocycles. The van der Waals surface area contributed by atoms with Crippen molar-refractivity contribution in [1.29, 1.82) is 0 Å². The van der Waals surface area contributed by atoms with Crippen LogP contribution in [0.3, 0.4) is 0 Å². The molecule has 1 aromatic carbocycles. The lowest BCUT2D eigenvalue weighted by Gasteiger charge is -2.02. The molecular formula is C15H12Br2N2O2S. The van der Waals surface area contributed by atoms with Gasteiger partial charge in [-0.3, -0.25) is 4.79 Å². The second-order valence-electron chi connectivity index (χ2n) is 4.84. The summed E-state index contributed by atoms with van der Waals surface area (Å²) < 4.78 is 1.80.